The van der Waals surface area contributed by atoms with Crippen LogP contribution in [0.15, 0.2) is 47.4 Å². The fourth-order valence-corrected chi connectivity index (χ4v) is 3.37. The molecule has 2 heterocycles. The fourth-order valence-electron chi connectivity index (χ4n) is 3.21. The van der Waals surface area contributed by atoms with Crippen LogP contribution in [-0.2, 0) is 0 Å². The number of amides is 1. The lowest BCUT2D eigenvalue weighted by molar-refractivity contribution is 0.102. The Kier molecular flexibility index (Phi) is 4.35. The Bertz CT molecular complexity index is 1330. The first-order valence-corrected chi connectivity index (χ1v) is 8.91. The molecular formula is C21H15ClFN3O2. The van der Waals surface area contributed by atoms with Gasteiger partial charge in [-0.25, -0.2) is 4.39 Å². The lowest BCUT2D eigenvalue weighted by Gasteiger charge is -2.11. The minimum atomic E-state index is -0.591. The first-order chi connectivity index (χ1) is 13.3. The highest BCUT2D eigenvalue weighted by Crippen LogP contribution is 2.25. The van der Waals surface area contributed by atoms with Crippen molar-refractivity contribution in [3.8, 4) is 0 Å². The Morgan fingerprint density at radius 3 is 2.71 bits per heavy atom. The summed E-state index contributed by atoms with van der Waals surface area (Å²) in [6.07, 6.45) is 1.36. The Morgan fingerprint density at radius 1 is 1.14 bits per heavy atom. The molecule has 0 aliphatic heterocycles. The van der Waals surface area contributed by atoms with Crippen LogP contribution in [0, 0.1) is 19.7 Å². The largest absolute Gasteiger partial charge is 0.360 e. The molecule has 0 saturated carbocycles. The average molecular weight is 396 g/mol. The smallest absolute Gasteiger partial charge is 0.261 e. The van der Waals surface area contributed by atoms with Crippen molar-refractivity contribution in [3.63, 3.8) is 0 Å². The minimum absolute atomic E-state index is 0.0479. The van der Waals surface area contributed by atoms with Crippen molar-refractivity contribution < 1.29 is 9.18 Å². The SMILES string of the molecule is Cc1cc(NC(=O)c2c[nH]c3c(C)c(Cl)ccc3c2=O)c2cc(F)ccc2n1. The minimum Gasteiger partial charge on any atom is -0.360 e. The number of anilines is 1. The second-order valence-electron chi connectivity index (χ2n) is 6.55. The number of aryl methyl sites for hydroxylation is 2. The molecule has 0 atom stereocenters. The van der Waals surface area contributed by atoms with Crippen molar-refractivity contribution in [2.75, 3.05) is 5.32 Å². The van der Waals surface area contributed by atoms with E-state index in [9.17, 15) is 14.0 Å². The zero-order valence-electron chi connectivity index (χ0n) is 15.1. The number of hydrogen-bond donors (Lipinski definition) is 2. The van der Waals surface area contributed by atoms with Crippen LogP contribution in [0.4, 0.5) is 10.1 Å². The van der Waals surface area contributed by atoms with Crippen LogP contribution in [-0.4, -0.2) is 15.9 Å². The van der Waals surface area contributed by atoms with Crippen molar-refractivity contribution in [3.05, 3.63) is 80.5 Å². The molecule has 4 rings (SSSR count). The van der Waals surface area contributed by atoms with E-state index < -0.39 is 17.2 Å². The van der Waals surface area contributed by atoms with Crippen LogP contribution < -0.4 is 10.7 Å². The lowest BCUT2D eigenvalue weighted by atomic mass is 10.1. The zero-order chi connectivity index (χ0) is 20.0. The van der Waals surface area contributed by atoms with Crippen LogP contribution in [0.5, 0.6) is 0 Å². The molecule has 1 amide bonds. The summed E-state index contributed by atoms with van der Waals surface area (Å²) in [4.78, 5) is 32.9. The number of aromatic nitrogens is 2. The second kappa shape index (κ2) is 6.73. The summed E-state index contributed by atoms with van der Waals surface area (Å²) in [6.45, 7) is 3.56. The topological polar surface area (TPSA) is 74.8 Å². The second-order valence-corrected chi connectivity index (χ2v) is 6.96. The van der Waals surface area contributed by atoms with Crippen molar-refractivity contribution in [2.45, 2.75) is 13.8 Å². The fraction of sp³-hybridized carbons (Fsp3) is 0.0952. The Hall–Kier alpha value is -3.25. The zero-order valence-corrected chi connectivity index (χ0v) is 15.8. The van der Waals surface area contributed by atoms with Gasteiger partial charge in [-0.1, -0.05) is 11.6 Å². The van der Waals surface area contributed by atoms with Crippen molar-refractivity contribution in [1.82, 2.24) is 9.97 Å². The number of carbonyl (C=O) groups is 1. The van der Waals surface area contributed by atoms with E-state index in [0.29, 0.717) is 38.2 Å². The molecule has 0 spiro atoms. The summed E-state index contributed by atoms with van der Waals surface area (Å²) < 4.78 is 13.7. The molecule has 0 saturated heterocycles. The number of nitrogens with zero attached hydrogens (tertiary/aromatic N) is 1. The van der Waals surface area contributed by atoms with Gasteiger partial charge in [0, 0.05) is 27.7 Å². The van der Waals surface area contributed by atoms with Gasteiger partial charge < -0.3 is 10.3 Å². The molecule has 0 bridgehead atoms. The molecule has 7 heteroatoms. The van der Waals surface area contributed by atoms with Crippen LogP contribution in [0.2, 0.25) is 5.02 Å². The number of hydrogen-bond acceptors (Lipinski definition) is 3. The molecule has 0 fully saturated rings. The number of nitrogens with one attached hydrogen (secondary N) is 2. The van der Waals surface area contributed by atoms with Gasteiger partial charge in [0.25, 0.3) is 5.91 Å². The van der Waals surface area contributed by atoms with Crippen LogP contribution in [0.1, 0.15) is 21.6 Å². The van der Waals surface area contributed by atoms with Gasteiger partial charge in [0.1, 0.15) is 11.4 Å². The molecule has 4 aromatic rings. The van der Waals surface area contributed by atoms with Crippen molar-refractivity contribution >= 4 is 45.0 Å². The number of rotatable bonds is 2. The van der Waals surface area contributed by atoms with E-state index in [1.165, 1.54) is 18.3 Å². The number of halogens is 2. The highest BCUT2D eigenvalue weighted by Gasteiger charge is 2.16. The van der Waals surface area contributed by atoms with Gasteiger partial charge >= 0.3 is 0 Å². The van der Waals surface area contributed by atoms with Crippen molar-refractivity contribution in [1.29, 1.82) is 0 Å². The predicted octanol–water partition coefficient (Wildman–Crippen LogP) is 4.74. The number of fused-ring (bicyclic) bond motifs is 2. The van der Waals surface area contributed by atoms with E-state index in [1.807, 2.05) is 0 Å². The molecule has 0 aliphatic carbocycles. The summed E-state index contributed by atoms with van der Waals surface area (Å²) in [5.74, 6) is -1.03. The van der Waals surface area contributed by atoms with Gasteiger partial charge in [0.2, 0.25) is 5.43 Å². The third-order valence-electron chi connectivity index (χ3n) is 4.64. The number of pyridine rings is 2. The Morgan fingerprint density at radius 2 is 1.93 bits per heavy atom. The summed E-state index contributed by atoms with van der Waals surface area (Å²) >= 11 is 6.09. The third-order valence-corrected chi connectivity index (χ3v) is 5.05. The highest BCUT2D eigenvalue weighted by atomic mass is 35.5. The summed E-state index contributed by atoms with van der Waals surface area (Å²) in [5, 5.41) is 4.07. The molecule has 2 aromatic heterocycles. The Balaban J connectivity index is 1.81. The molecule has 0 unspecified atom stereocenters. The molecule has 28 heavy (non-hydrogen) atoms. The van der Waals surface area contributed by atoms with Gasteiger partial charge in [0.05, 0.1) is 16.7 Å². The molecule has 140 valence electrons. The normalized spacial score (nSPS) is 11.1. The molecule has 0 radical (unpaired) electrons. The average Bonchev–Trinajstić information content (AvgIpc) is 2.65. The summed E-state index contributed by atoms with van der Waals surface area (Å²) in [6, 6.07) is 9.00. The van der Waals surface area contributed by atoms with E-state index in [1.54, 1.807) is 38.1 Å². The summed E-state index contributed by atoms with van der Waals surface area (Å²) in [7, 11) is 0. The van der Waals surface area contributed by atoms with E-state index in [2.05, 4.69) is 15.3 Å². The van der Waals surface area contributed by atoms with Gasteiger partial charge in [-0.3, -0.25) is 14.6 Å². The van der Waals surface area contributed by atoms with Crippen molar-refractivity contribution in [2.24, 2.45) is 0 Å². The molecular weight excluding hydrogens is 381 g/mol. The van der Waals surface area contributed by atoms with E-state index in [-0.39, 0.29) is 5.56 Å². The van der Waals surface area contributed by atoms with E-state index in [0.717, 1.165) is 5.56 Å². The molecule has 0 aliphatic rings. The van der Waals surface area contributed by atoms with Gasteiger partial charge in [0.15, 0.2) is 0 Å². The monoisotopic (exact) mass is 395 g/mol. The Labute approximate surface area is 164 Å². The number of carbonyl (C=O) groups excluding carboxylic acids is 1. The quantitative estimate of drug-likeness (QED) is 0.515. The van der Waals surface area contributed by atoms with Crippen LogP contribution >= 0.6 is 11.6 Å². The lowest BCUT2D eigenvalue weighted by Crippen LogP contribution is -2.22. The van der Waals surface area contributed by atoms with Gasteiger partial charge in [-0.15, -0.1) is 0 Å². The molecule has 2 N–H and O–H groups in total. The number of benzene rings is 2. The maximum Gasteiger partial charge on any atom is 0.261 e. The van der Waals surface area contributed by atoms with Crippen LogP contribution in [0.25, 0.3) is 21.8 Å². The highest BCUT2D eigenvalue weighted by molar-refractivity contribution is 6.32. The van der Waals surface area contributed by atoms with Gasteiger partial charge in [-0.05, 0) is 55.8 Å². The first kappa shape index (κ1) is 18.1. The predicted molar refractivity (Wildman–Crippen MR) is 109 cm³/mol. The maximum atomic E-state index is 13.7. The molecule has 5 nitrogen and oxygen atoms in total. The number of H-pyrrole nitrogens is 1. The van der Waals surface area contributed by atoms with Crippen LogP contribution in [0.3, 0.4) is 0 Å². The maximum absolute atomic E-state index is 13.7. The van der Waals surface area contributed by atoms with E-state index in [4.69, 9.17) is 11.6 Å². The molecule has 2 aromatic carbocycles. The summed E-state index contributed by atoms with van der Waals surface area (Å²) in [5.41, 5.74) is 2.46. The van der Waals surface area contributed by atoms with Gasteiger partial charge in [-0.2, -0.15) is 0 Å². The third kappa shape index (κ3) is 3.01. The first-order valence-electron chi connectivity index (χ1n) is 8.54. The standard InChI is InChI=1S/C21H15ClFN3O2/c1-10-7-18(14-8-12(23)3-6-17(14)25-10)26-21(28)15-9-24-19-11(2)16(22)5-4-13(19)20(15)27/h3-9H,1-2H3,(H,24,27)(H,25,26,28). The number of aromatic amines is 1. The van der Waals surface area contributed by atoms with E-state index >= 15 is 0 Å².